The lowest BCUT2D eigenvalue weighted by Crippen LogP contribution is -2.37. The maximum Gasteiger partial charge on any atom is 0.321 e. The van der Waals surface area contributed by atoms with Crippen LogP contribution in [-0.2, 0) is 6.42 Å². The zero-order valence-corrected chi connectivity index (χ0v) is 14.8. The van der Waals surface area contributed by atoms with Crippen molar-refractivity contribution in [3.63, 3.8) is 0 Å². The highest BCUT2D eigenvalue weighted by molar-refractivity contribution is 5.99. The maximum atomic E-state index is 12.6. The summed E-state index contributed by atoms with van der Waals surface area (Å²) in [7, 11) is 1.82. The minimum atomic E-state index is -0.0625. The summed E-state index contributed by atoms with van der Waals surface area (Å²) in [4.78, 5) is 28.5. The van der Waals surface area contributed by atoms with Crippen LogP contribution in [0.5, 0.6) is 0 Å². The number of likely N-dealkylation sites (tertiary alicyclic amines) is 1. The van der Waals surface area contributed by atoms with E-state index in [0.717, 1.165) is 38.0 Å². The van der Waals surface area contributed by atoms with Gasteiger partial charge in [0, 0.05) is 37.9 Å². The van der Waals surface area contributed by atoms with Crippen molar-refractivity contribution >= 4 is 17.6 Å². The van der Waals surface area contributed by atoms with E-state index < -0.39 is 0 Å². The van der Waals surface area contributed by atoms with Crippen molar-refractivity contribution in [2.75, 3.05) is 32.0 Å². The third-order valence-corrected chi connectivity index (χ3v) is 5.17. The van der Waals surface area contributed by atoms with Gasteiger partial charge in [0.2, 0.25) is 0 Å². The molecule has 1 aromatic carbocycles. The number of hydrogen-bond acceptors (Lipinski definition) is 2. The number of likely N-dealkylation sites (N-methyl/N-ethyl adjacent to an activating group) is 1. The second-order valence-corrected chi connectivity index (χ2v) is 7.46. The molecule has 0 saturated carbocycles. The lowest BCUT2D eigenvalue weighted by molar-refractivity contribution is 0.0781. The van der Waals surface area contributed by atoms with Crippen LogP contribution in [0.1, 0.15) is 42.6 Å². The summed E-state index contributed by atoms with van der Waals surface area (Å²) in [5.74, 6) is 1.21. The molecule has 130 valence electrons. The van der Waals surface area contributed by atoms with E-state index in [0.29, 0.717) is 23.1 Å². The normalized spacial score (nSPS) is 24.4. The molecule has 0 radical (unpaired) electrons. The fourth-order valence-electron chi connectivity index (χ4n) is 3.78. The number of carbonyl (C=O) groups excluding carboxylic acids is 2. The van der Waals surface area contributed by atoms with Crippen LogP contribution in [-0.4, -0.2) is 48.4 Å². The Bertz CT molecular complexity index is 643. The van der Waals surface area contributed by atoms with Crippen LogP contribution in [0.15, 0.2) is 18.2 Å². The first kappa shape index (κ1) is 16.8. The van der Waals surface area contributed by atoms with E-state index in [-0.39, 0.29) is 11.9 Å². The van der Waals surface area contributed by atoms with Crippen molar-refractivity contribution in [1.82, 2.24) is 9.80 Å². The molecular formula is C19H27N3O2. The molecule has 2 aliphatic rings. The van der Waals surface area contributed by atoms with Gasteiger partial charge in [0.05, 0.1) is 0 Å². The fourth-order valence-corrected chi connectivity index (χ4v) is 3.78. The Balaban J connectivity index is 1.72. The summed E-state index contributed by atoms with van der Waals surface area (Å²) in [6.07, 6.45) is 3.09. The van der Waals surface area contributed by atoms with Gasteiger partial charge >= 0.3 is 6.03 Å². The van der Waals surface area contributed by atoms with Gasteiger partial charge in [-0.05, 0) is 48.8 Å². The van der Waals surface area contributed by atoms with Crippen molar-refractivity contribution in [3.05, 3.63) is 29.3 Å². The average Bonchev–Trinajstić information content (AvgIpc) is 2.72. The second kappa shape index (κ2) is 6.83. The molecule has 1 N–H and O–H groups in total. The molecule has 2 heterocycles. The van der Waals surface area contributed by atoms with Gasteiger partial charge in [0.25, 0.3) is 5.91 Å². The molecule has 0 spiro atoms. The Kier molecular flexibility index (Phi) is 4.78. The summed E-state index contributed by atoms with van der Waals surface area (Å²) in [6.45, 7) is 6.80. The van der Waals surface area contributed by atoms with Gasteiger partial charge in [-0.2, -0.15) is 0 Å². The monoisotopic (exact) mass is 329 g/mol. The van der Waals surface area contributed by atoms with Crippen LogP contribution in [0.25, 0.3) is 0 Å². The van der Waals surface area contributed by atoms with Crippen molar-refractivity contribution < 1.29 is 9.59 Å². The highest BCUT2D eigenvalue weighted by Crippen LogP contribution is 2.24. The van der Waals surface area contributed by atoms with Gasteiger partial charge in [-0.3, -0.25) is 4.79 Å². The smallest absolute Gasteiger partial charge is 0.321 e. The number of nitrogens with one attached hydrogen (secondary N) is 1. The van der Waals surface area contributed by atoms with E-state index in [4.69, 9.17) is 0 Å². The fraction of sp³-hybridized carbons (Fsp3) is 0.579. The average molecular weight is 329 g/mol. The van der Waals surface area contributed by atoms with Crippen LogP contribution in [0.2, 0.25) is 0 Å². The van der Waals surface area contributed by atoms with Crippen LogP contribution < -0.4 is 5.32 Å². The first-order valence-corrected chi connectivity index (χ1v) is 8.88. The first-order valence-electron chi connectivity index (χ1n) is 8.88. The minimum absolute atomic E-state index is 0.0320. The Labute approximate surface area is 144 Å². The van der Waals surface area contributed by atoms with E-state index in [1.165, 1.54) is 6.42 Å². The van der Waals surface area contributed by atoms with Crippen molar-refractivity contribution in [3.8, 4) is 0 Å². The number of nitrogens with zero attached hydrogens (tertiary/aromatic N) is 2. The number of benzene rings is 1. The highest BCUT2D eigenvalue weighted by Gasteiger charge is 2.24. The standard InChI is InChI=1S/C19H27N3O2/c1-13-6-9-22(12-14(2)10-13)19(24)20-16-5-4-15-7-8-21(3)18(23)17(15)11-16/h4-5,11,13-14H,6-10,12H2,1-3H3,(H,20,24)/t13-,14-/m0/s1. The van der Waals surface area contributed by atoms with E-state index in [9.17, 15) is 9.59 Å². The summed E-state index contributed by atoms with van der Waals surface area (Å²) < 4.78 is 0. The van der Waals surface area contributed by atoms with Crippen LogP contribution in [0.4, 0.5) is 10.5 Å². The molecule has 2 aliphatic heterocycles. The Morgan fingerprint density at radius 2 is 2.00 bits per heavy atom. The molecule has 3 rings (SSSR count). The number of urea groups is 1. The minimum Gasteiger partial charge on any atom is -0.341 e. The molecule has 5 heteroatoms. The molecule has 2 atom stereocenters. The van der Waals surface area contributed by atoms with Crippen LogP contribution in [0, 0.1) is 11.8 Å². The molecule has 3 amide bonds. The Hall–Kier alpha value is -2.04. The SMILES string of the molecule is C[C@H]1CCN(C(=O)Nc2ccc3c(c2)C(=O)N(C)CC3)C[C@@H](C)C1. The zero-order valence-electron chi connectivity index (χ0n) is 14.8. The quantitative estimate of drug-likeness (QED) is 0.860. The third kappa shape index (κ3) is 3.55. The summed E-state index contributed by atoms with van der Waals surface area (Å²) in [5, 5.41) is 2.98. The summed E-state index contributed by atoms with van der Waals surface area (Å²) >= 11 is 0. The van der Waals surface area contributed by atoms with Gasteiger partial charge in [0.1, 0.15) is 0 Å². The molecule has 0 bridgehead atoms. The van der Waals surface area contributed by atoms with Gasteiger partial charge in [0.15, 0.2) is 0 Å². The first-order chi connectivity index (χ1) is 11.4. The number of amides is 3. The molecule has 24 heavy (non-hydrogen) atoms. The number of fused-ring (bicyclic) bond motifs is 1. The maximum absolute atomic E-state index is 12.6. The third-order valence-electron chi connectivity index (χ3n) is 5.17. The molecule has 5 nitrogen and oxygen atoms in total. The van der Waals surface area contributed by atoms with Gasteiger partial charge in [-0.25, -0.2) is 4.79 Å². The Morgan fingerprint density at radius 3 is 2.79 bits per heavy atom. The van der Waals surface area contributed by atoms with Crippen molar-refractivity contribution in [2.24, 2.45) is 11.8 Å². The number of anilines is 1. The van der Waals surface area contributed by atoms with Crippen molar-refractivity contribution in [2.45, 2.75) is 33.1 Å². The molecule has 1 aromatic rings. The van der Waals surface area contributed by atoms with E-state index >= 15 is 0 Å². The lowest BCUT2D eigenvalue weighted by Gasteiger charge is -2.26. The molecule has 0 aromatic heterocycles. The summed E-state index contributed by atoms with van der Waals surface area (Å²) in [5.41, 5.74) is 2.47. The molecule has 0 unspecified atom stereocenters. The van der Waals surface area contributed by atoms with E-state index in [1.807, 2.05) is 30.1 Å². The number of carbonyl (C=O) groups is 2. The van der Waals surface area contributed by atoms with Crippen molar-refractivity contribution in [1.29, 1.82) is 0 Å². The molecule has 1 fully saturated rings. The topological polar surface area (TPSA) is 52.7 Å². The molecule has 0 aliphatic carbocycles. The van der Waals surface area contributed by atoms with E-state index in [1.54, 1.807) is 4.90 Å². The summed E-state index contributed by atoms with van der Waals surface area (Å²) in [6, 6.07) is 5.62. The lowest BCUT2D eigenvalue weighted by atomic mass is 9.97. The molecular weight excluding hydrogens is 302 g/mol. The van der Waals surface area contributed by atoms with Gasteiger partial charge in [-0.1, -0.05) is 19.9 Å². The van der Waals surface area contributed by atoms with Crippen LogP contribution >= 0.6 is 0 Å². The number of rotatable bonds is 1. The number of hydrogen-bond donors (Lipinski definition) is 1. The van der Waals surface area contributed by atoms with E-state index in [2.05, 4.69) is 19.2 Å². The largest absolute Gasteiger partial charge is 0.341 e. The van der Waals surface area contributed by atoms with Gasteiger partial charge < -0.3 is 15.1 Å². The zero-order chi connectivity index (χ0) is 17.3. The predicted molar refractivity (Wildman–Crippen MR) is 95.3 cm³/mol. The van der Waals surface area contributed by atoms with Gasteiger partial charge in [-0.15, -0.1) is 0 Å². The van der Waals surface area contributed by atoms with Crippen LogP contribution in [0.3, 0.4) is 0 Å². The Morgan fingerprint density at radius 1 is 1.21 bits per heavy atom. The second-order valence-electron chi connectivity index (χ2n) is 7.46. The molecule has 1 saturated heterocycles. The predicted octanol–water partition coefficient (Wildman–Crippen LogP) is 3.21. The highest BCUT2D eigenvalue weighted by atomic mass is 16.2.